The maximum Gasteiger partial charge on any atom is 0.257 e. The summed E-state index contributed by atoms with van der Waals surface area (Å²) < 4.78 is 5.27. The zero-order valence-corrected chi connectivity index (χ0v) is 14.0. The van der Waals surface area contributed by atoms with Gasteiger partial charge in [-0.15, -0.1) is 0 Å². The van der Waals surface area contributed by atoms with Crippen LogP contribution < -0.4 is 5.32 Å². The highest BCUT2D eigenvalue weighted by atomic mass is 16.5. The highest BCUT2D eigenvalue weighted by Crippen LogP contribution is 2.18. The molecule has 1 heterocycles. The second kappa shape index (κ2) is 6.66. The molecule has 0 unspecified atom stereocenters. The van der Waals surface area contributed by atoms with Crippen LogP contribution in [-0.4, -0.2) is 16.0 Å². The summed E-state index contributed by atoms with van der Waals surface area (Å²) in [7, 11) is 0. The monoisotopic (exact) mass is 321 g/mol. The summed E-state index contributed by atoms with van der Waals surface area (Å²) in [5.41, 5.74) is 4.72. The molecule has 5 nitrogen and oxygen atoms in total. The third kappa shape index (κ3) is 3.51. The van der Waals surface area contributed by atoms with Crippen LogP contribution in [0.4, 0.5) is 0 Å². The molecule has 24 heavy (non-hydrogen) atoms. The molecule has 0 aliphatic heterocycles. The standard InChI is InChI=1S/C19H19N3O2/c1-12-5-4-6-15(10-12)19-21-17(22-24-19)11-20-18(23)16-8-7-13(2)9-14(16)3/h4-10H,11H2,1-3H3,(H,20,23). The number of rotatable bonds is 4. The van der Waals surface area contributed by atoms with Gasteiger partial charge in [0, 0.05) is 11.1 Å². The molecule has 3 aromatic rings. The smallest absolute Gasteiger partial charge is 0.257 e. The van der Waals surface area contributed by atoms with Gasteiger partial charge in [-0.2, -0.15) is 4.98 Å². The van der Waals surface area contributed by atoms with Crippen LogP contribution >= 0.6 is 0 Å². The summed E-state index contributed by atoms with van der Waals surface area (Å²) >= 11 is 0. The van der Waals surface area contributed by atoms with Crippen molar-refractivity contribution in [2.45, 2.75) is 27.3 Å². The molecule has 0 aliphatic rings. The number of nitrogens with zero attached hydrogens (tertiary/aromatic N) is 2. The summed E-state index contributed by atoms with van der Waals surface area (Å²) in [6.45, 7) is 6.15. The predicted molar refractivity (Wildman–Crippen MR) is 91.6 cm³/mol. The molecule has 0 aliphatic carbocycles. The molecule has 0 atom stereocenters. The summed E-state index contributed by atoms with van der Waals surface area (Å²) in [5, 5.41) is 6.75. The van der Waals surface area contributed by atoms with Gasteiger partial charge in [0.2, 0.25) is 0 Å². The molecule has 0 bridgehead atoms. The lowest BCUT2D eigenvalue weighted by Crippen LogP contribution is -2.24. The molecule has 0 fully saturated rings. The van der Waals surface area contributed by atoms with Crippen molar-refractivity contribution >= 4 is 5.91 Å². The summed E-state index contributed by atoms with van der Waals surface area (Å²) in [6.07, 6.45) is 0. The fourth-order valence-corrected chi connectivity index (χ4v) is 2.54. The number of nitrogens with one attached hydrogen (secondary N) is 1. The van der Waals surface area contributed by atoms with E-state index in [0.717, 1.165) is 22.3 Å². The van der Waals surface area contributed by atoms with Crippen LogP contribution in [0.15, 0.2) is 47.0 Å². The van der Waals surface area contributed by atoms with E-state index in [1.165, 1.54) is 0 Å². The van der Waals surface area contributed by atoms with E-state index in [-0.39, 0.29) is 12.5 Å². The Morgan fingerprint density at radius 1 is 1.08 bits per heavy atom. The first kappa shape index (κ1) is 15.9. The number of hydrogen-bond acceptors (Lipinski definition) is 4. The third-order valence-electron chi connectivity index (χ3n) is 3.77. The maximum atomic E-state index is 12.3. The van der Waals surface area contributed by atoms with Crippen molar-refractivity contribution in [2.24, 2.45) is 0 Å². The van der Waals surface area contributed by atoms with Crippen molar-refractivity contribution in [2.75, 3.05) is 0 Å². The molecule has 5 heteroatoms. The molecule has 0 saturated carbocycles. The number of hydrogen-bond donors (Lipinski definition) is 1. The van der Waals surface area contributed by atoms with E-state index >= 15 is 0 Å². The topological polar surface area (TPSA) is 68.0 Å². The lowest BCUT2D eigenvalue weighted by molar-refractivity contribution is 0.0949. The Morgan fingerprint density at radius 3 is 2.62 bits per heavy atom. The molecule has 0 saturated heterocycles. The molecule has 0 spiro atoms. The number of carbonyl (C=O) groups is 1. The largest absolute Gasteiger partial charge is 0.345 e. The van der Waals surface area contributed by atoms with Gasteiger partial charge in [0.1, 0.15) is 0 Å². The first-order chi connectivity index (χ1) is 11.5. The van der Waals surface area contributed by atoms with E-state index in [4.69, 9.17) is 4.52 Å². The SMILES string of the molecule is Cc1cccc(-c2nc(CNC(=O)c3ccc(C)cc3C)no2)c1. The van der Waals surface area contributed by atoms with E-state index in [2.05, 4.69) is 15.5 Å². The average Bonchev–Trinajstić information content (AvgIpc) is 3.01. The van der Waals surface area contributed by atoms with Gasteiger partial charge >= 0.3 is 0 Å². The number of amides is 1. The predicted octanol–water partition coefficient (Wildman–Crippen LogP) is 3.59. The Labute approximate surface area is 140 Å². The van der Waals surface area contributed by atoms with Gasteiger partial charge in [-0.25, -0.2) is 0 Å². The minimum absolute atomic E-state index is 0.144. The van der Waals surface area contributed by atoms with Crippen molar-refractivity contribution in [3.63, 3.8) is 0 Å². The minimum Gasteiger partial charge on any atom is -0.345 e. The Balaban J connectivity index is 1.68. The minimum atomic E-state index is -0.144. The van der Waals surface area contributed by atoms with Gasteiger partial charge in [0.15, 0.2) is 5.82 Å². The highest BCUT2D eigenvalue weighted by molar-refractivity contribution is 5.95. The fourth-order valence-electron chi connectivity index (χ4n) is 2.54. The number of carbonyl (C=O) groups excluding carboxylic acids is 1. The van der Waals surface area contributed by atoms with E-state index in [9.17, 15) is 4.79 Å². The second-order valence-electron chi connectivity index (χ2n) is 5.89. The van der Waals surface area contributed by atoms with Crippen molar-refractivity contribution in [3.05, 3.63) is 70.5 Å². The molecule has 1 amide bonds. The normalized spacial score (nSPS) is 10.6. The zero-order valence-electron chi connectivity index (χ0n) is 14.0. The lowest BCUT2D eigenvalue weighted by atomic mass is 10.1. The molecule has 3 rings (SSSR count). The van der Waals surface area contributed by atoms with Crippen LogP contribution in [0.5, 0.6) is 0 Å². The van der Waals surface area contributed by atoms with Crippen LogP contribution in [0.2, 0.25) is 0 Å². The van der Waals surface area contributed by atoms with E-state index in [1.54, 1.807) is 0 Å². The second-order valence-corrected chi connectivity index (χ2v) is 5.89. The van der Waals surface area contributed by atoms with Crippen molar-refractivity contribution in [3.8, 4) is 11.5 Å². The number of benzene rings is 2. The van der Waals surface area contributed by atoms with Crippen LogP contribution in [0, 0.1) is 20.8 Å². The summed E-state index contributed by atoms with van der Waals surface area (Å²) in [5.74, 6) is 0.758. The summed E-state index contributed by atoms with van der Waals surface area (Å²) in [6, 6.07) is 13.6. The fraction of sp³-hybridized carbons (Fsp3) is 0.211. The van der Waals surface area contributed by atoms with E-state index < -0.39 is 0 Å². The van der Waals surface area contributed by atoms with Gasteiger partial charge < -0.3 is 9.84 Å². The van der Waals surface area contributed by atoms with E-state index in [1.807, 2.05) is 63.2 Å². The van der Waals surface area contributed by atoms with Crippen LogP contribution in [0.1, 0.15) is 32.9 Å². The molecule has 2 aromatic carbocycles. The van der Waals surface area contributed by atoms with Gasteiger partial charge in [0.05, 0.1) is 6.54 Å². The quantitative estimate of drug-likeness (QED) is 0.797. The Hall–Kier alpha value is -2.95. The Morgan fingerprint density at radius 2 is 1.88 bits per heavy atom. The van der Waals surface area contributed by atoms with Crippen LogP contribution in [0.3, 0.4) is 0 Å². The Kier molecular flexibility index (Phi) is 4.42. The molecular weight excluding hydrogens is 302 g/mol. The Bertz CT molecular complexity index is 884. The lowest BCUT2D eigenvalue weighted by Gasteiger charge is -2.06. The molecular formula is C19H19N3O2. The van der Waals surface area contributed by atoms with Crippen molar-refractivity contribution in [1.82, 2.24) is 15.5 Å². The first-order valence-corrected chi connectivity index (χ1v) is 7.78. The summed E-state index contributed by atoms with van der Waals surface area (Å²) in [4.78, 5) is 16.6. The van der Waals surface area contributed by atoms with Crippen molar-refractivity contribution < 1.29 is 9.32 Å². The molecule has 1 N–H and O–H groups in total. The van der Waals surface area contributed by atoms with Gasteiger partial charge in [-0.05, 0) is 44.5 Å². The zero-order chi connectivity index (χ0) is 17.1. The van der Waals surface area contributed by atoms with Crippen LogP contribution in [-0.2, 0) is 6.54 Å². The molecule has 122 valence electrons. The van der Waals surface area contributed by atoms with Gasteiger partial charge in [-0.1, -0.05) is 40.5 Å². The van der Waals surface area contributed by atoms with Gasteiger partial charge in [0.25, 0.3) is 11.8 Å². The van der Waals surface area contributed by atoms with Crippen molar-refractivity contribution in [1.29, 1.82) is 0 Å². The van der Waals surface area contributed by atoms with Crippen LogP contribution in [0.25, 0.3) is 11.5 Å². The average molecular weight is 321 g/mol. The molecule has 0 radical (unpaired) electrons. The number of aryl methyl sites for hydroxylation is 3. The molecule has 1 aromatic heterocycles. The van der Waals surface area contributed by atoms with Gasteiger partial charge in [-0.3, -0.25) is 4.79 Å². The van der Waals surface area contributed by atoms with E-state index in [0.29, 0.717) is 17.3 Å². The third-order valence-corrected chi connectivity index (χ3v) is 3.77. The highest BCUT2D eigenvalue weighted by Gasteiger charge is 2.12. The maximum absolute atomic E-state index is 12.3. The number of aromatic nitrogens is 2. The first-order valence-electron chi connectivity index (χ1n) is 7.78.